The molecule has 0 radical (unpaired) electrons. The van der Waals surface area contributed by atoms with Gasteiger partial charge in [-0.15, -0.1) is 0 Å². The third kappa shape index (κ3) is 4.64. The Balaban J connectivity index is 2.53. The number of anilines is 1. The van der Waals surface area contributed by atoms with Gasteiger partial charge < -0.3 is 0 Å². The highest BCUT2D eigenvalue weighted by Gasteiger charge is 2.28. The standard InChI is InChI=1S/C17H15F5N4O4S/c1-3-25(4-2)31(29,30)12-7-9(26(27)28)5-6-11(12)24-23-8-10-13(18)15(20)17(22)16(21)14(10)19/h5-8,24H,3-4H2,1-2H3/b23-8-. The summed E-state index contributed by atoms with van der Waals surface area (Å²) in [4.78, 5) is 9.63. The zero-order valence-corrected chi connectivity index (χ0v) is 16.8. The van der Waals surface area contributed by atoms with Crippen molar-refractivity contribution in [3.8, 4) is 0 Å². The minimum atomic E-state index is -4.24. The molecule has 0 aromatic heterocycles. The normalized spacial score (nSPS) is 12.0. The number of nitro groups is 1. The molecular weight excluding hydrogens is 451 g/mol. The highest BCUT2D eigenvalue weighted by Crippen LogP contribution is 2.29. The van der Waals surface area contributed by atoms with E-state index in [1.807, 2.05) is 0 Å². The minimum Gasteiger partial charge on any atom is -0.277 e. The van der Waals surface area contributed by atoms with Gasteiger partial charge in [-0.2, -0.15) is 9.41 Å². The van der Waals surface area contributed by atoms with Gasteiger partial charge in [0.05, 0.1) is 22.4 Å². The van der Waals surface area contributed by atoms with Gasteiger partial charge in [-0.05, 0) is 6.07 Å². The van der Waals surface area contributed by atoms with Crippen LogP contribution in [0.5, 0.6) is 0 Å². The second-order valence-corrected chi connectivity index (χ2v) is 7.79. The van der Waals surface area contributed by atoms with E-state index in [-0.39, 0.29) is 25.0 Å². The molecule has 0 fully saturated rings. The fourth-order valence-corrected chi connectivity index (χ4v) is 4.15. The van der Waals surface area contributed by atoms with Crippen molar-refractivity contribution in [3.63, 3.8) is 0 Å². The van der Waals surface area contributed by atoms with E-state index in [0.29, 0.717) is 0 Å². The van der Waals surface area contributed by atoms with Crippen molar-refractivity contribution < 1.29 is 35.3 Å². The van der Waals surface area contributed by atoms with E-state index in [9.17, 15) is 40.5 Å². The van der Waals surface area contributed by atoms with Crippen LogP contribution in [0.4, 0.5) is 33.3 Å². The summed E-state index contributed by atoms with van der Waals surface area (Å²) in [5, 5.41) is 14.4. The third-order valence-electron chi connectivity index (χ3n) is 4.12. The lowest BCUT2D eigenvalue weighted by Crippen LogP contribution is -2.31. The summed E-state index contributed by atoms with van der Waals surface area (Å²) in [5.74, 6) is -11.0. The smallest absolute Gasteiger partial charge is 0.270 e. The number of sulfonamides is 1. The fourth-order valence-electron chi connectivity index (χ4n) is 2.53. The number of rotatable bonds is 8. The van der Waals surface area contributed by atoms with Crippen LogP contribution < -0.4 is 5.43 Å². The van der Waals surface area contributed by atoms with Crippen molar-refractivity contribution in [2.24, 2.45) is 5.10 Å². The Morgan fingerprint density at radius 3 is 2.03 bits per heavy atom. The number of halogens is 5. The first-order valence-electron chi connectivity index (χ1n) is 8.56. The van der Waals surface area contributed by atoms with Gasteiger partial charge in [0, 0.05) is 25.2 Å². The lowest BCUT2D eigenvalue weighted by Gasteiger charge is -2.20. The summed E-state index contributed by atoms with van der Waals surface area (Å²) < 4.78 is 93.7. The molecular formula is C17H15F5N4O4S. The number of benzene rings is 2. The van der Waals surface area contributed by atoms with E-state index >= 15 is 0 Å². The molecule has 0 spiro atoms. The second-order valence-electron chi connectivity index (χ2n) is 5.88. The molecule has 1 N–H and O–H groups in total. The molecule has 0 atom stereocenters. The summed E-state index contributed by atoms with van der Waals surface area (Å²) in [6.45, 7) is 3.14. The molecule has 8 nitrogen and oxygen atoms in total. The Morgan fingerprint density at radius 1 is 1.03 bits per heavy atom. The Hall–Kier alpha value is -3.13. The summed E-state index contributed by atoms with van der Waals surface area (Å²) in [6, 6.07) is 2.67. The molecule has 0 amide bonds. The molecule has 0 saturated carbocycles. The van der Waals surface area contributed by atoms with Crippen LogP contribution in [0.2, 0.25) is 0 Å². The number of hydrogen-bond acceptors (Lipinski definition) is 6. The van der Waals surface area contributed by atoms with Gasteiger partial charge in [-0.3, -0.25) is 15.5 Å². The van der Waals surface area contributed by atoms with Crippen molar-refractivity contribution in [1.82, 2.24) is 4.31 Å². The number of nitrogens with one attached hydrogen (secondary N) is 1. The Kier molecular flexibility index (Phi) is 7.28. The Labute approximate surface area is 173 Å². The first-order chi connectivity index (χ1) is 14.5. The van der Waals surface area contributed by atoms with E-state index in [2.05, 4.69) is 10.5 Å². The van der Waals surface area contributed by atoms with Gasteiger partial charge in [0.2, 0.25) is 15.8 Å². The van der Waals surface area contributed by atoms with Crippen LogP contribution in [0.1, 0.15) is 19.4 Å². The molecule has 0 aliphatic rings. The fraction of sp³-hybridized carbons (Fsp3) is 0.235. The van der Waals surface area contributed by atoms with Crippen LogP contribution in [-0.4, -0.2) is 37.0 Å². The molecule has 0 bridgehead atoms. The van der Waals surface area contributed by atoms with Gasteiger partial charge in [-0.1, -0.05) is 13.8 Å². The lowest BCUT2D eigenvalue weighted by atomic mass is 10.2. The van der Waals surface area contributed by atoms with Crippen LogP contribution in [0.15, 0.2) is 28.2 Å². The van der Waals surface area contributed by atoms with Crippen LogP contribution in [0.3, 0.4) is 0 Å². The van der Waals surface area contributed by atoms with Crippen LogP contribution in [-0.2, 0) is 10.0 Å². The van der Waals surface area contributed by atoms with E-state index in [1.54, 1.807) is 0 Å². The van der Waals surface area contributed by atoms with Crippen molar-refractivity contribution in [2.45, 2.75) is 18.7 Å². The average Bonchev–Trinajstić information content (AvgIpc) is 2.73. The summed E-state index contributed by atoms with van der Waals surface area (Å²) >= 11 is 0. The van der Waals surface area contributed by atoms with Crippen molar-refractivity contribution in [3.05, 3.63) is 63.0 Å². The van der Waals surface area contributed by atoms with Crippen LogP contribution >= 0.6 is 0 Å². The first kappa shape index (κ1) is 24.1. The molecule has 31 heavy (non-hydrogen) atoms. The molecule has 0 aliphatic heterocycles. The van der Waals surface area contributed by atoms with Crippen LogP contribution in [0.25, 0.3) is 0 Å². The number of non-ortho nitro benzene ring substituents is 1. The van der Waals surface area contributed by atoms with Gasteiger partial charge in [-0.25, -0.2) is 30.4 Å². The van der Waals surface area contributed by atoms with Crippen molar-refractivity contribution >= 4 is 27.6 Å². The SMILES string of the molecule is CCN(CC)S(=O)(=O)c1cc([N+](=O)[O-])ccc1N/N=C\c1c(F)c(F)c(F)c(F)c1F. The van der Waals surface area contributed by atoms with Crippen molar-refractivity contribution in [2.75, 3.05) is 18.5 Å². The average molecular weight is 466 g/mol. The Morgan fingerprint density at radius 2 is 1.55 bits per heavy atom. The van der Waals surface area contributed by atoms with Gasteiger partial charge in [0.15, 0.2) is 23.3 Å². The maximum atomic E-state index is 13.7. The van der Waals surface area contributed by atoms with Gasteiger partial charge >= 0.3 is 0 Å². The molecule has 0 unspecified atom stereocenters. The molecule has 0 saturated heterocycles. The largest absolute Gasteiger partial charge is 0.277 e. The molecule has 14 heteroatoms. The summed E-state index contributed by atoms with van der Waals surface area (Å²) in [6.07, 6.45) is 0.269. The zero-order valence-electron chi connectivity index (χ0n) is 16.0. The number of nitro benzene ring substituents is 1. The van der Waals surface area contributed by atoms with E-state index in [4.69, 9.17) is 0 Å². The number of nitrogens with zero attached hydrogens (tertiary/aromatic N) is 3. The predicted molar refractivity (Wildman–Crippen MR) is 101 cm³/mol. The Bertz CT molecular complexity index is 1120. The van der Waals surface area contributed by atoms with Gasteiger partial charge in [0.25, 0.3) is 5.69 Å². The molecule has 2 aromatic rings. The molecule has 2 aromatic carbocycles. The molecule has 0 heterocycles. The molecule has 0 aliphatic carbocycles. The maximum Gasteiger partial charge on any atom is 0.270 e. The van der Waals surface area contributed by atoms with E-state index < -0.39 is 60.2 Å². The number of hydrogen-bond donors (Lipinski definition) is 1. The second kappa shape index (κ2) is 9.34. The quantitative estimate of drug-likeness (QED) is 0.159. The zero-order chi connectivity index (χ0) is 23.5. The van der Waals surface area contributed by atoms with Gasteiger partial charge in [0.1, 0.15) is 4.90 Å². The lowest BCUT2D eigenvalue weighted by molar-refractivity contribution is -0.385. The minimum absolute atomic E-state index is 0.0365. The summed E-state index contributed by atoms with van der Waals surface area (Å²) in [7, 11) is -4.24. The summed E-state index contributed by atoms with van der Waals surface area (Å²) in [5.41, 5.74) is -0.125. The number of hydrazone groups is 1. The highest BCUT2D eigenvalue weighted by molar-refractivity contribution is 7.89. The van der Waals surface area contributed by atoms with E-state index in [1.165, 1.54) is 13.8 Å². The van der Waals surface area contributed by atoms with Crippen LogP contribution in [0, 0.1) is 39.2 Å². The molecule has 168 valence electrons. The first-order valence-corrected chi connectivity index (χ1v) is 10.00. The topological polar surface area (TPSA) is 105 Å². The predicted octanol–water partition coefficient (Wildman–Crippen LogP) is 3.77. The maximum absolute atomic E-state index is 13.7. The highest BCUT2D eigenvalue weighted by atomic mass is 32.2. The third-order valence-corrected chi connectivity index (χ3v) is 6.21. The molecule has 2 rings (SSSR count). The monoisotopic (exact) mass is 466 g/mol. The van der Waals surface area contributed by atoms with E-state index in [0.717, 1.165) is 22.5 Å². The van der Waals surface area contributed by atoms with Crippen molar-refractivity contribution in [1.29, 1.82) is 0 Å².